The fourth-order valence-corrected chi connectivity index (χ4v) is 8.03. The Labute approximate surface area is 322 Å². The predicted molar refractivity (Wildman–Crippen MR) is 229 cm³/mol. The summed E-state index contributed by atoms with van der Waals surface area (Å²) in [5.41, 5.74) is 12.2. The van der Waals surface area contributed by atoms with Gasteiger partial charge >= 0.3 is 0 Å². The number of nitrogens with zero attached hydrogens (tertiary/aromatic N) is 4. The summed E-state index contributed by atoms with van der Waals surface area (Å²) in [6, 6.07) is 67.5. The lowest BCUT2D eigenvalue weighted by Gasteiger charge is -2.14. The number of fused-ring (bicyclic) bond motifs is 6. The first-order valence-electron chi connectivity index (χ1n) is 18.8. The van der Waals surface area contributed by atoms with Gasteiger partial charge in [0.1, 0.15) is 11.2 Å². The minimum absolute atomic E-state index is 0.590. The molecule has 0 radical (unpaired) electrons. The Hall–Kier alpha value is -7.63. The van der Waals surface area contributed by atoms with E-state index in [2.05, 4.69) is 162 Å². The molecular formula is C51H32N4O. The molecule has 0 aliphatic carbocycles. The number of benzene rings is 8. The van der Waals surface area contributed by atoms with Crippen molar-refractivity contribution in [2.24, 2.45) is 0 Å². The molecule has 0 aliphatic rings. The Kier molecular flexibility index (Phi) is 7.42. The van der Waals surface area contributed by atoms with Crippen LogP contribution >= 0.6 is 0 Å². The van der Waals surface area contributed by atoms with Gasteiger partial charge in [-0.2, -0.15) is 0 Å². The van der Waals surface area contributed by atoms with E-state index in [-0.39, 0.29) is 0 Å². The first-order valence-corrected chi connectivity index (χ1v) is 18.8. The Bertz CT molecular complexity index is 3210. The highest BCUT2D eigenvalue weighted by molar-refractivity contribution is 6.09. The highest BCUT2D eigenvalue weighted by atomic mass is 16.3. The molecular weight excluding hydrogens is 685 g/mol. The molecule has 0 atom stereocenters. The Morgan fingerprint density at radius 1 is 0.321 bits per heavy atom. The molecule has 0 aliphatic heterocycles. The lowest BCUT2D eigenvalue weighted by Crippen LogP contribution is -2.02. The van der Waals surface area contributed by atoms with Gasteiger partial charge in [0.25, 0.3) is 0 Å². The molecule has 56 heavy (non-hydrogen) atoms. The van der Waals surface area contributed by atoms with Crippen LogP contribution in [0.3, 0.4) is 0 Å². The zero-order valence-corrected chi connectivity index (χ0v) is 30.2. The summed E-state index contributed by atoms with van der Waals surface area (Å²) in [7, 11) is 0. The highest BCUT2D eigenvalue weighted by Gasteiger charge is 2.19. The largest absolute Gasteiger partial charge is 0.456 e. The van der Waals surface area contributed by atoms with Gasteiger partial charge in [0.15, 0.2) is 17.5 Å². The molecule has 0 amide bonds. The van der Waals surface area contributed by atoms with Gasteiger partial charge in [0.2, 0.25) is 0 Å². The van der Waals surface area contributed by atoms with E-state index in [4.69, 9.17) is 19.4 Å². The van der Waals surface area contributed by atoms with E-state index >= 15 is 0 Å². The SMILES string of the molecule is c1ccc(-c2cccc(-c3ccccc3-c3nc(-c4cccc(-n5c6ccccc6c6ccccc65)c4)nc(-c4ccc5oc6ccccc6c5c4)n3)c2)cc1. The van der Waals surface area contributed by atoms with Crippen molar-refractivity contribution in [1.82, 2.24) is 19.5 Å². The van der Waals surface area contributed by atoms with Crippen molar-refractivity contribution in [2.45, 2.75) is 0 Å². The number of rotatable bonds is 6. The lowest BCUT2D eigenvalue weighted by atomic mass is 9.95. The summed E-state index contributed by atoms with van der Waals surface area (Å²) >= 11 is 0. The number of furan rings is 1. The average Bonchev–Trinajstić information content (AvgIpc) is 3.82. The third kappa shape index (κ3) is 5.37. The summed E-state index contributed by atoms with van der Waals surface area (Å²) in [5, 5.41) is 4.51. The molecule has 0 unspecified atom stereocenters. The standard InChI is InChI=1S/C51H32N4O/c1-2-14-33(15-3-1)34-16-12-17-35(30-34)39-20-4-5-24-43(39)51-53-49(52-50(54-51)37-28-29-48-44(32-37)42-23-8-11-27-47(42)56-48)36-18-13-19-38(31-36)55-45-25-9-6-21-40(45)41-22-7-10-26-46(41)55/h1-32H. The first-order chi connectivity index (χ1) is 27.7. The van der Waals surface area contributed by atoms with Gasteiger partial charge < -0.3 is 8.98 Å². The maximum Gasteiger partial charge on any atom is 0.164 e. The van der Waals surface area contributed by atoms with E-state index in [9.17, 15) is 0 Å². The van der Waals surface area contributed by atoms with Crippen LogP contribution < -0.4 is 0 Å². The van der Waals surface area contributed by atoms with Crippen molar-refractivity contribution in [1.29, 1.82) is 0 Å². The van der Waals surface area contributed by atoms with Crippen LogP contribution in [0.5, 0.6) is 0 Å². The van der Waals surface area contributed by atoms with E-state index in [1.165, 1.54) is 16.3 Å². The molecule has 5 heteroatoms. The zero-order chi connectivity index (χ0) is 37.0. The third-order valence-electron chi connectivity index (χ3n) is 10.7. The van der Waals surface area contributed by atoms with E-state index in [0.29, 0.717) is 17.5 Å². The number of hydrogen-bond acceptors (Lipinski definition) is 4. The second kappa shape index (κ2) is 13.0. The first kappa shape index (κ1) is 31.9. The molecule has 5 nitrogen and oxygen atoms in total. The van der Waals surface area contributed by atoms with E-state index in [1.54, 1.807) is 0 Å². The molecule has 262 valence electrons. The van der Waals surface area contributed by atoms with Gasteiger partial charge in [-0.3, -0.25) is 0 Å². The quantitative estimate of drug-likeness (QED) is 0.172. The summed E-state index contributed by atoms with van der Waals surface area (Å²) in [5.74, 6) is 1.79. The van der Waals surface area contributed by atoms with Gasteiger partial charge in [0.05, 0.1) is 11.0 Å². The van der Waals surface area contributed by atoms with Crippen LogP contribution in [0.1, 0.15) is 0 Å². The molecule has 0 spiro atoms. The van der Waals surface area contributed by atoms with Crippen molar-refractivity contribution in [3.05, 3.63) is 194 Å². The van der Waals surface area contributed by atoms with Crippen LogP contribution in [0.25, 0.3) is 106 Å². The van der Waals surface area contributed by atoms with Crippen LogP contribution in [-0.2, 0) is 0 Å². The molecule has 0 saturated carbocycles. The van der Waals surface area contributed by atoms with Gasteiger partial charge in [-0.05, 0) is 76.9 Å². The zero-order valence-electron chi connectivity index (χ0n) is 30.2. The maximum absolute atomic E-state index is 6.19. The molecule has 3 heterocycles. The fourth-order valence-electron chi connectivity index (χ4n) is 8.03. The second-order valence-electron chi connectivity index (χ2n) is 14.0. The van der Waals surface area contributed by atoms with Crippen LogP contribution in [0.4, 0.5) is 0 Å². The van der Waals surface area contributed by atoms with Gasteiger partial charge in [-0.1, -0.05) is 140 Å². The molecule has 11 rings (SSSR count). The molecule has 0 bridgehead atoms. The van der Waals surface area contributed by atoms with Gasteiger partial charge in [0, 0.05) is 43.9 Å². The topological polar surface area (TPSA) is 56.7 Å². The molecule has 0 N–H and O–H groups in total. The normalized spacial score (nSPS) is 11.6. The van der Waals surface area contributed by atoms with E-state index < -0.39 is 0 Å². The highest BCUT2D eigenvalue weighted by Crippen LogP contribution is 2.37. The summed E-state index contributed by atoms with van der Waals surface area (Å²) in [6.45, 7) is 0. The van der Waals surface area contributed by atoms with Crippen LogP contribution in [0, 0.1) is 0 Å². The molecule has 0 fully saturated rings. The smallest absolute Gasteiger partial charge is 0.164 e. The monoisotopic (exact) mass is 716 g/mol. The Balaban J connectivity index is 1.11. The van der Waals surface area contributed by atoms with Crippen molar-refractivity contribution in [3.63, 3.8) is 0 Å². The minimum Gasteiger partial charge on any atom is -0.456 e. The van der Waals surface area contributed by atoms with Crippen LogP contribution in [-0.4, -0.2) is 19.5 Å². The van der Waals surface area contributed by atoms with Crippen molar-refractivity contribution in [3.8, 4) is 62.1 Å². The number of hydrogen-bond donors (Lipinski definition) is 0. The van der Waals surface area contributed by atoms with E-state index in [0.717, 1.165) is 72.0 Å². The maximum atomic E-state index is 6.19. The average molecular weight is 717 g/mol. The van der Waals surface area contributed by atoms with Gasteiger partial charge in [-0.15, -0.1) is 0 Å². The predicted octanol–water partition coefficient (Wildman–Crippen LogP) is 13.2. The molecule has 3 aromatic heterocycles. The molecule has 11 aromatic rings. The third-order valence-corrected chi connectivity index (χ3v) is 10.7. The lowest BCUT2D eigenvalue weighted by molar-refractivity contribution is 0.669. The van der Waals surface area contributed by atoms with Crippen LogP contribution in [0.2, 0.25) is 0 Å². The fraction of sp³-hybridized carbons (Fsp3) is 0. The van der Waals surface area contributed by atoms with Crippen molar-refractivity contribution in [2.75, 3.05) is 0 Å². The number of para-hydroxylation sites is 3. The molecule has 8 aromatic carbocycles. The Morgan fingerprint density at radius 2 is 0.875 bits per heavy atom. The van der Waals surface area contributed by atoms with E-state index in [1.807, 2.05) is 36.4 Å². The summed E-state index contributed by atoms with van der Waals surface area (Å²) < 4.78 is 8.51. The minimum atomic E-state index is 0.590. The van der Waals surface area contributed by atoms with Crippen LogP contribution in [0.15, 0.2) is 199 Å². The number of aromatic nitrogens is 4. The summed E-state index contributed by atoms with van der Waals surface area (Å²) in [4.78, 5) is 15.7. The van der Waals surface area contributed by atoms with Gasteiger partial charge in [-0.25, -0.2) is 15.0 Å². The summed E-state index contributed by atoms with van der Waals surface area (Å²) in [6.07, 6.45) is 0. The van der Waals surface area contributed by atoms with Crippen molar-refractivity contribution < 1.29 is 4.42 Å². The second-order valence-corrected chi connectivity index (χ2v) is 14.0. The van der Waals surface area contributed by atoms with Crippen molar-refractivity contribution >= 4 is 43.7 Å². The molecule has 0 saturated heterocycles. The Morgan fingerprint density at radius 3 is 1.66 bits per heavy atom.